The van der Waals surface area contributed by atoms with Gasteiger partial charge in [0, 0.05) is 17.9 Å². The van der Waals surface area contributed by atoms with Gasteiger partial charge in [-0.2, -0.15) is 0 Å². The molecule has 0 bridgehead atoms. The van der Waals surface area contributed by atoms with Gasteiger partial charge in [0.25, 0.3) is 0 Å². The summed E-state index contributed by atoms with van der Waals surface area (Å²) >= 11 is 6.17. The number of hydrogen-bond acceptors (Lipinski definition) is 3. The molecule has 2 amide bonds. The maximum Gasteiger partial charge on any atom is 0.227 e. The smallest absolute Gasteiger partial charge is 0.227 e. The van der Waals surface area contributed by atoms with Crippen LogP contribution in [0.15, 0.2) is 78.9 Å². The van der Waals surface area contributed by atoms with Crippen LogP contribution in [0.25, 0.3) is 0 Å². The number of carbonyl (C=O) groups excluding carboxylic acids is 2. The van der Waals surface area contributed by atoms with Crippen molar-refractivity contribution in [3.8, 4) is 5.75 Å². The molecule has 0 saturated carbocycles. The van der Waals surface area contributed by atoms with Crippen molar-refractivity contribution < 1.29 is 14.3 Å². The molecule has 6 heteroatoms. The van der Waals surface area contributed by atoms with E-state index in [9.17, 15) is 9.59 Å². The van der Waals surface area contributed by atoms with E-state index in [0.717, 1.165) is 16.8 Å². The molecule has 0 spiro atoms. The molecular weight excluding hydrogens is 412 g/mol. The summed E-state index contributed by atoms with van der Waals surface area (Å²) in [4.78, 5) is 27.3. The molecule has 1 N–H and O–H groups in total. The maximum atomic E-state index is 12.8. The zero-order chi connectivity index (χ0) is 21.6. The normalized spacial score (nSPS) is 13.6. The van der Waals surface area contributed by atoms with Gasteiger partial charge in [-0.15, -0.1) is 0 Å². The molecule has 1 atom stereocenters. The summed E-state index contributed by atoms with van der Waals surface area (Å²) < 4.78 is 5.61. The molecule has 158 valence electrons. The first-order chi connectivity index (χ1) is 15.1. The average molecular weight is 435 g/mol. The summed E-state index contributed by atoms with van der Waals surface area (Å²) in [5.41, 5.74) is 2.59. The molecule has 0 aliphatic carbocycles. The largest absolute Gasteiger partial charge is 0.490 e. The van der Waals surface area contributed by atoms with E-state index in [-0.39, 0.29) is 30.7 Å². The van der Waals surface area contributed by atoms with Crippen LogP contribution in [0.3, 0.4) is 0 Å². The highest BCUT2D eigenvalue weighted by Crippen LogP contribution is 2.31. The number of para-hydroxylation sites is 2. The third-order valence-electron chi connectivity index (χ3n) is 5.22. The first kappa shape index (κ1) is 20.9. The van der Waals surface area contributed by atoms with Crippen LogP contribution in [0.2, 0.25) is 5.02 Å². The molecule has 0 aromatic heterocycles. The zero-order valence-electron chi connectivity index (χ0n) is 17.0. The lowest BCUT2D eigenvalue weighted by atomic mass is 9.98. The van der Waals surface area contributed by atoms with Crippen molar-refractivity contribution >= 4 is 29.1 Å². The van der Waals surface area contributed by atoms with Gasteiger partial charge in [0.15, 0.2) is 0 Å². The lowest BCUT2D eigenvalue weighted by Gasteiger charge is -2.29. The van der Waals surface area contributed by atoms with Crippen LogP contribution < -0.4 is 15.0 Å². The number of hydrogen-bond donors (Lipinski definition) is 1. The van der Waals surface area contributed by atoms with Crippen molar-refractivity contribution in [2.45, 2.75) is 18.9 Å². The highest BCUT2D eigenvalue weighted by atomic mass is 35.5. The molecule has 1 aliphatic rings. The van der Waals surface area contributed by atoms with E-state index in [4.69, 9.17) is 16.3 Å². The fraction of sp³-hybridized carbons (Fsp3) is 0.200. The maximum absolute atomic E-state index is 12.8. The van der Waals surface area contributed by atoms with E-state index in [2.05, 4.69) is 5.32 Å². The molecule has 0 fully saturated rings. The third kappa shape index (κ3) is 5.06. The molecule has 4 rings (SSSR count). The summed E-state index contributed by atoms with van der Waals surface area (Å²) in [7, 11) is 0. The molecule has 3 aromatic rings. The molecule has 0 radical (unpaired) electrons. The topological polar surface area (TPSA) is 58.6 Å². The Bertz CT molecular complexity index is 1070. The van der Waals surface area contributed by atoms with Crippen molar-refractivity contribution in [3.63, 3.8) is 0 Å². The highest BCUT2D eigenvalue weighted by molar-refractivity contribution is 6.30. The van der Waals surface area contributed by atoms with E-state index in [1.165, 1.54) is 0 Å². The Morgan fingerprint density at radius 1 is 0.935 bits per heavy atom. The zero-order valence-corrected chi connectivity index (χ0v) is 17.7. The summed E-state index contributed by atoms with van der Waals surface area (Å²) in [5.74, 6) is 0.408. The predicted molar refractivity (Wildman–Crippen MR) is 121 cm³/mol. The highest BCUT2D eigenvalue weighted by Gasteiger charge is 2.24. The van der Waals surface area contributed by atoms with E-state index >= 15 is 0 Å². The number of benzene rings is 3. The predicted octanol–water partition coefficient (Wildman–Crippen LogP) is 4.75. The minimum absolute atomic E-state index is 0.0927. The lowest BCUT2D eigenvalue weighted by molar-refractivity contribution is -0.125. The van der Waals surface area contributed by atoms with E-state index in [1.807, 2.05) is 72.8 Å². The number of anilines is 1. The third-order valence-corrected chi connectivity index (χ3v) is 5.45. The Morgan fingerprint density at radius 2 is 1.68 bits per heavy atom. The first-order valence-electron chi connectivity index (χ1n) is 10.2. The number of nitrogens with one attached hydrogen (secondary N) is 1. The number of rotatable bonds is 6. The van der Waals surface area contributed by atoms with Gasteiger partial charge >= 0.3 is 0 Å². The Kier molecular flexibility index (Phi) is 6.53. The Hall–Kier alpha value is -3.31. The number of fused-ring (bicyclic) bond motifs is 1. The molecule has 1 heterocycles. The van der Waals surface area contributed by atoms with Gasteiger partial charge in [0.2, 0.25) is 11.8 Å². The fourth-order valence-electron chi connectivity index (χ4n) is 3.71. The van der Waals surface area contributed by atoms with Crippen LogP contribution in [0.1, 0.15) is 30.0 Å². The van der Waals surface area contributed by atoms with Crippen LogP contribution in [-0.4, -0.2) is 25.0 Å². The van der Waals surface area contributed by atoms with Crippen molar-refractivity contribution in [1.82, 2.24) is 5.32 Å². The fourth-order valence-corrected chi connectivity index (χ4v) is 3.91. The van der Waals surface area contributed by atoms with Gasteiger partial charge in [0.1, 0.15) is 12.4 Å². The lowest BCUT2D eigenvalue weighted by Crippen LogP contribution is -2.38. The quantitative estimate of drug-likeness (QED) is 0.609. The number of amides is 2. The molecule has 1 aliphatic heterocycles. The summed E-state index contributed by atoms with van der Waals surface area (Å²) in [6, 6.07) is 24.2. The molecule has 3 aromatic carbocycles. The second-order valence-corrected chi connectivity index (χ2v) is 7.76. The second kappa shape index (κ2) is 9.67. The van der Waals surface area contributed by atoms with Crippen LogP contribution in [-0.2, 0) is 9.59 Å². The van der Waals surface area contributed by atoms with Crippen LogP contribution in [0.4, 0.5) is 5.69 Å². The second-order valence-electron chi connectivity index (χ2n) is 7.33. The van der Waals surface area contributed by atoms with Crippen molar-refractivity contribution in [3.05, 3.63) is 95.0 Å². The summed E-state index contributed by atoms with van der Waals surface area (Å²) in [6.07, 6.45) is 0.222. The van der Waals surface area contributed by atoms with Crippen LogP contribution in [0, 0.1) is 0 Å². The molecule has 31 heavy (non-hydrogen) atoms. The van der Waals surface area contributed by atoms with Gasteiger partial charge in [-0.25, -0.2) is 0 Å². The number of nitrogens with zero attached hydrogens (tertiary/aromatic N) is 1. The van der Waals surface area contributed by atoms with Crippen molar-refractivity contribution in [2.24, 2.45) is 0 Å². The number of carbonyl (C=O) groups is 2. The SMILES string of the molecule is O=C(CCC(=O)N1CCOc2ccccc21)NC(c1ccccc1)c1cccc(Cl)c1. The van der Waals surface area contributed by atoms with Crippen LogP contribution in [0.5, 0.6) is 5.75 Å². The minimum Gasteiger partial charge on any atom is -0.490 e. The van der Waals surface area contributed by atoms with Crippen molar-refractivity contribution in [1.29, 1.82) is 0 Å². The molecule has 5 nitrogen and oxygen atoms in total. The van der Waals surface area contributed by atoms with Gasteiger partial charge in [0.05, 0.1) is 18.3 Å². The Labute approximate surface area is 186 Å². The summed E-state index contributed by atoms with van der Waals surface area (Å²) in [6.45, 7) is 0.923. The van der Waals surface area contributed by atoms with Gasteiger partial charge < -0.3 is 15.0 Å². The van der Waals surface area contributed by atoms with Crippen molar-refractivity contribution in [2.75, 3.05) is 18.1 Å². The van der Waals surface area contributed by atoms with E-state index in [0.29, 0.717) is 23.9 Å². The van der Waals surface area contributed by atoms with Gasteiger partial charge in [-0.05, 0) is 35.4 Å². The van der Waals surface area contributed by atoms with E-state index in [1.54, 1.807) is 11.0 Å². The summed E-state index contributed by atoms with van der Waals surface area (Å²) in [5, 5.41) is 3.67. The molecule has 1 unspecified atom stereocenters. The average Bonchev–Trinajstić information content (AvgIpc) is 2.81. The number of ether oxygens (including phenoxy) is 1. The Morgan fingerprint density at radius 3 is 2.48 bits per heavy atom. The molecular formula is C25H23ClN2O3. The van der Waals surface area contributed by atoms with Crippen LogP contribution >= 0.6 is 11.6 Å². The van der Waals surface area contributed by atoms with E-state index < -0.39 is 0 Å². The molecule has 0 saturated heterocycles. The first-order valence-corrected chi connectivity index (χ1v) is 10.6. The number of halogens is 1. The van der Waals surface area contributed by atoms with Gasteiger partial charge in [-0.3, -0.25) is 9.59 Å². The minimum atomic E-state index is -0.341. The monoisotopic (exact) mass is 434 g/mol. The van der Waals surface area contributed by atoms with Gasteiger partial charge in [-0.1, -0.05) is 66.2 Å². The standard InChI is InChI=1S/C25H23ClN2O3/c26-20-10-6-9-19(17-20)25(18-7-2-1-3-8-18)27-23(29)13-14-24(30)28-15-16-31-22-12-5-4-11-21(22)28/h1-12,17,25H,13-16H2,(H,27,29). The Balaban J connectivity index is 1.43.